The number of carbonyl (C=O) groups excluding carboxylic acids is 6. The number of hydrogen-bond acceptors (Lipinski definition) is 15. The van der Waals surface area contributed by atoms with E-state index in [4.69, 9.17) is 28.4 Å². The highest BCUT2D eigenvalue weighted by atomic mass is 16.6. The summed E-state index contributed by atoms with van der Waals surface area (Å²) in [4.78, 5) is 79.0. The molecule has 15 nitrogen and oxygen atoms in total. The molecule has 1 saturated carbocycles. The van der Waals surface area contributed by atoms with Crippen LogP contribution in [0, 0.1) is 35.5 Å². The summed E-state index contributed by atoms with van der Waals surface area (Å²) in [5.74, 6) is -5.92. The second-order valence-corrected chi connectivity index (χ2v) is 20.9. The third-order valence-electron chi connectivity index (χ3n) is 15.0. The zero-order valence-corrected chi connectivity index (χ0v) is 44.8. The van der Waals surface area contributed by atoms with E-state index in [1.165, 1.54) is 7.11 Å². The molecule has 4 unspecified atom stereocenters. The number of allylic oxidation sites excluding steroid dienone is 6. The van der Waals surface area contributed by atoms with E-state index in [0.717, 1.165) is 31.4 Å². The number of carbonyl (C=O) groups is 6. The van der Waals surface area contributed by atoms with Crippen molar-refractivity contribution in [3.63, 3.8) is 0 Å². The number of aliphatic hydroxyl groups is 2. The van der Waals surface area contributed by atoms with Gasteiger partial charge in [-0.15, -0.1) is 0 Å². The Kier molecular flexibility index (Phi) is 25.6. The topological polar surface area (TPSA) is 201 Å². The highest BCUT2D eigenvalue weighted by molar-refractivity contribution is 6.28. The molecular weight excluding hydrogens is 911 g/mol. The van der Waals surface area contributed by atoms with Crippen LogP contribution < -0.4 is 0 Å². The highest BCUT2D eigenvalue weighted by Crippen LogP contribution is 2.37. The van der Waals surface area contributed by atoms with Gasteiger partial charge in [-0.2, -0.15) is 0 Å². The van der Waals surface area contributed by atoms with E-state index in [-0.39, 0.29) is 72.4 Å². The van der Waals surface area contributed by atoms with Crippen molar-refractivity contribution in [1.82, 2.24) is 4.90 Å². The Morgan fingerprint density at radius 2 is 1.59 bits per heavy atom. The third-order valence-corrected chi connectivity index (χ3v) is 15.0. The molecule has 3 fully saturated rings. The molecule has 0 spiro atoms. The first-order valence-corrected chi connectivity index (χ1v) is 25.7. The second-order valence-electron chi connectivity index (χ2n) is 20.9. The number of ether oxygens (including phenoxy) is 6. The molecule has 15 heteroatoms. The van der Waals surface area contributed by atoms with Gasteiger partial charge < -0.3 is 38.6 Å². The summed E-state index contributed by atoms with van der Waals surface area (Å²) >= 11 is 0. The summed E-state index contributed by atoms with van der Waals surface area (Å²) in [6.45, 7) is 18.9. The van der Waals surface area contributed by atoms with Gasteiger partial charge in [0.2, 0.25) is 5.79 Å². The lowest BCUT2D eigenvalue weighted by Gasteiger charge is -2.40. The van der Waals surface area contributed by atoms with Gasteiger partial charge in [0, 0.05) is 57.5 Å². The highest BCUT2D eigenvalue weighted by Gasteiger charge is 2.48. The fraction of sp³-hybridized carbons (Fsp3) is 0.714. The Balaban J connectivity index is 1.62. The first-order chi connectivity index (χ1) is 33.5. The van der Waals surface area contributed by atoms with Crippen LogP contribution >= 0.6 is 0 Å². The van der Waals surface area contributed by atoms with Gasteiger partial charge in [0.05, 0.1) is 18.3 Å². The summed E-state index contributed by atoms with van der Waals surface area (Å²) in [7, 11) is 6.49. The predicted octanol–water partition coefficient (Wildman–Crippen LogP) is 7.60. The first kappa shape index (κ1) is 61.3. The number of likely N-dealkylation sites (N-methyl/N-ethyl adjacent to an activating group) is 1. The summed E-state index contributed by atoms with van der Waals surface area (Å²) in [5.41, 5.74) is 1.65. The molecular formula is C56H87NO14. The average Bonchev–Trinajstić information content (AvgIpc) is 3.33. The van der Waals surface area contributed by atoms with E-state index in [0.29, 0.717) is 62.5 Å². The molecule has 71 heavy (non-hydrogen) atoms. The van der Waals surface area contributed by atoms with Crippen molar-refractivity contribution in [2.75, 3.05) is 34.9 Å². The standard InChI is InChI=1S/C56H87NO14/c1-34(2)54(63)69-46-25-23-42(30-49(46)67-12)29-38(6)48(70-55(64)44-21-17-18-26-57(44)10)32-45(59)37(5)28-40(8)52(62)53(68-13)51(61)39(7)27-35(3)19-15-14-16-20-36(4)47(66-11)31-43-24-22-41(9)56(65,71-43)50(60)33-58/h14-16,19-20,28,33,35,37-39,41-44,46-49,52-53,62,65H,1,17-18,21-27,29-32H2,2-13H3/b16-14+,19-15+,36-20+,40-28+/t35?,37?,38-,39+,41+,42-,43-,44?,46+,47-,48-,49+,52+,53?,56+/m0/s1. The van der Waals surface area contributed by atoms with E-state index < -0.39 is 59.7 Å². The van der Waals surface area contributed by atoms with Crippen molar-refractivity contribution >= 4 is 35.6 Å². The van der Waals surface area contributed by atoms with Crippen molar-refractivity contribution in [2.24, 2.45) is 35.5 Å². The lowest BCUT2D eigenvalue weighted by Crippen LogP contribution is -2.53. The predicted molar refractivity (Wildman–Crippen MR) is 271 cm³/mol. The van der Waals surface area contributed by atoms with Crippen LogP contribution in [0.25, 0.3) is 0 Å². The van der Waals surface area contributed by atoms with Crippen molar-refractivity contribution in [3.8, 4) is 0 Å². The molecule has 0 amide bonds. The quantitative estimate of drug-likeness (QED) is 0.0194. The minimum atomic E-state index is -2.13. The van der Waals surface area contributed by atoms with Gasteiger partial charge in [0.15, 0.2) is 12.1 Å². The van der Waals surface area contributed by atoms with E-state index in [1.807, 2.05) is 70.0 Å². The van der Waals surface area contributed by atoms with Crippen LogP contribution in [0.15, 0.2) is 59.8 Å². The number of aliphatic hydroxyl groups excluding tert-OH is 1. The molecule has 0 aromatic carbocycles. The molecule has 2 heterocycles. The van der Waals surface area contributed by atoms with Gasteiger partial charge in [-0.3, -0.25) is 28.9 Å². The third kappa shape index (κ3) is 18.2. The van der Waals surface area contributed by atoms with Crippen LogP contribution in [0.3, 0.4) is 0 Å². The number of likely N-dealkylation sites (tertiary alicyclic amines) is 1. The number of rotatable bonds is 28. The normalized spacial score (nSPS) is 28.3. The number of aldehydes is 1. The van der Waals surface area contributed by atoms with Gasteiger partial charge in [0.1, 0.15) is 36.2 Å². The molecule has 3 aliphatic rings. The Morgan fingerprint density at radius 3 is 2.21 bits per heavy atom. The molecule has 15 atom stereocenters. The summed E-state index contributed by atoms with van der Waals surface area (Å²) in [5, 5.41) is 22.2. The molecule has 1 aliphatic carbocycles. The maximum Gasteiger partial charge on any atom is 0.333 e. The van der Waals surface area contributed by atoms with Crippen LogP contribution in [-0.4, -0.2) is 140 Å². The van der Waals surface area contributed by atoms with E-state index >= 15 is 0 Å². The minimum Gasteiger partial charge on any atom is -0.460 e. The summed E-state index contributed by atoms with van der Waals surface area (Å²) in [6, 6.07) is -0.383. The Labute approximate surface area is 423 Å². The van der Waals surface area contributed by atoms with Gasteiger partial charge >= 0.3 is 11.9 Å². The molecule has 0 radical (unpaired) electrons. The second kappa shape index (κ2) is 29.7. The van der Waals surface area contributed by atoms with Crippen LogP contribution in [0.5, 0.6) is 0 Å². The van der Waals surface area contributed by atoms with Crippen LogP contribution in [-0.2, 0) is 57.2 Å². The minimum absolute atomic E-state index is 0.00346. The zero-order chi connectivity index (χ0) is 53.2. The fourth-order valence-corrected chi connectivity index (χ4v) is 10.2. The molecule has 0 aromatic rings. The van der Waals surface area contributed by atoms with E-state index in [9.17, 15) is 39.0 Å². The van der Waals surface area contributed by atoms with Crippen molar-refractivity contribution in [3.05, 3.63) is 59.8 Å². The number of methoxy groups -OCH3 is 3. The number of hydrogen-bond donors (Lipinski definition) is 2. The molecule has 2 saturated heterocycles. The SMILES string of the molecule is C=C(C)C(=O)O[C@@H]1CC[C@@H](C[C@H](C)[C@H](CC(=O)C(C)/C=C(\C)[C@@H](O)C(OC)C(=O)[C@H](C)CC(C)/C=C/C=C/C=C(\C)[C@H](C[C@@H]2CC[C@@H](C)[C@](O)(C(=O)C=O)O2)OC)OC(=O)C2CCCCN2C)C[C@H]1OC. The number of ketones is 3. The maximum absolute atomic E-state index is 14.0. The van der Waals surface area contributed by atoms with Gasteiger partial charge in [0.25, 0.3) is 5.78 Å². The van der Waals surface area contributed by atoms with Crippen LogP contribution in [0.1, 0.15) is 132 Å². The maximum atomic E-state index is 14.0. The van der Waals surface area contributed by atoms with Crippen LogP contribution in [0.4, 0.5) is 0 Å². The Hall–Kier alpha value is -3.96. The monoisotopic (exact) mass is 998 g/mol. The van der Waals surface area contributed by atoms with Crippen molar-refractivity contribution < 1.29 is 67.4 Å². The molecule has 2 aliphatic heterocycles. The molecule has 0 bridgehead atoms. The summed E-state index contributed by atoms with van der Waals surface area (Å²) in [6.07, 6.45) is 14.0. The average molecular weight is 998 g/mol. The van der Waals surface area contributed by atoms with Crippen LogP contribution in [0.2, 0.25) is 0 Å². The zero-order valence-electron chi connectivity index (χ0n) is 44.8. The Bertz CT molecular complexity index is 1920. The van der Waals surface area contributed by atoms with Gasteiger partial charge in [-0.1, -0.05) is 84.1 Å². The fourth-order valence-electron chi connectivity index (χ4n) is 10.2. The number of nitrogens with zero attached hydrogens (tertiary/aromatic N) is 1. The molecule has 400 valence electrons. The molecule has 3 rings (SSSR count). The van der Waals surface area contributed by atoms with E-state index in [2.05, 4.69) is 6.58 Å². The number of esters is 2. The lowest BCUT2D eigenvalue weighted by atomic mass is 9.78. The van der Waals surface area contributed by atoms with E-state index in [1.54, 1.807) is 48.0 Å². The molecule has 0 aromatic heterocycles. The first-order valence-electron chi connectivity index (χ1n) is 25.7. The Morgan fingerprint density at radius 1 is 0.887 bits per heavy atom. The number of Topliss-reactive ketones (excluding diaryl/α,β-unsaturated/α-hetero) is 3. The molecule has 2 N–H and O–H groups in total. The summed E-state index contributed by atoms with van der Waals surface area (Å²) < 4.78 is 34.7. The van der Waals surface area contributed by atoms with Gasteiger partial charge in [-0.25, -0.2) is 4.79 Å². The van der Waals surface area contributed by atoms with Crippen molar-refractivity contribution in [1.29, 1.82) is 0 Å². The van der Waals surface area contributed by atoms with Crippen molar-refractivity contribution in [2.45, 2.75) is 187 Å². The van der Waals surface area contributed by atoms with Gasteiger partial charge in [-0.05, 0) is 121 Å². The smallest absolute Gasteiger partial charge is 0.333 e. The number of piperidine rings is 1. The largest absolute Gasteiger partial charge is 0.460 e. The lowest BCUT2D eigenvalue weighted by molar-refractivity contribution is -0.263.